The number of hydrogen-bond donors (Lipinski definition) is 1. The zero-order valence-electron chi connectivity index (χ0n) is 13.2. The molecule has 0 saturated heterocycles. The first kappa shape index (κ1) is 18.1. The van der Waals surface area contributed by atoms with Crippen molar-refractivity contribution in [2.24, 2.45) is 5.10 Å². The van der Waals surface area contributed by atoms with Crippen molar-refractivity contribution in [3.05, 3.63) is 56.2 Å². The van der Waals surface area contributed by atoms with E-state index in [1.165, 1.54) is 18.2 Å². The number of aromatic nitrogens is 3. The molecule has 0 amide bonds. The summed E-state index contributed by atoms with van der Waals surface area (Å²) in [7, 11) is 0. The van der Waals surface area contributed by atoms with Gasteiger partial charge in [-0.05, 0) is 18.3 Å². The van der Waals surface area contributed by atoms with E-state index in [0.717, 1.165) is 17.0 Å². The van der Waals surface area contributed by atoms with E-state index in [0.29, 0.717) is 0 Å². The quantitative estimate of drug-likeness (QED) is 0.662. The van der Waals surface area contributed by atoms with Gasteiger partial charge >= 0.3 is 6.18 Å². The van der Waals surface area contributed by atoms with Gasteiger partial charge in [-0.1, -0.05) is 39.0 Å². The molecule has 2 rings (SSSR count). The van der Waals surface area contributed by atoms with Crippen molar-refractivity contribution in [3.8, 4) is 0 Å². The minimum absolute atomic E-state index is 0.103. The Hall–Kier alpha value is -2.29. The average molecular weight is 356 g/mol. The third kappa shape index (κ3) is 3.78. The Kier molecular flexibility index (Phi) is 4.75. The summed E-state index contributed by atoms with van der Waals surface area (Å²) in [5.74, 6) is 0. The summed E-state index contributed by atoms with van der Waals surface area (Å²) in [6.07, 6.45) is -3.56. The molecule has 1 N–H and O–H groups in total. The molecule has 128 valence electrons. The van der Waals surface area contributed by atoms with Gasteiger partial charge in [0.05, 0.1) is 11.8 Å². The van der Waals surface area contributed by atoms with Gasteiger partial charge in [-0.15, -0.1) is 0 Å². The minimum atomic E-state index is -4.52. The van der Waals surface area contributed by atoms with Crippen LogP contribution in [0.25, 0.3) is 0 Å². The highest BCUT2D eigenvalue weighted by atomic mass is 32.1. The highest BCUT2D eigenvalue weighted by Gasteiger charge is 2.32. The molecule has 0 spiro atoms. The molecule has 1 aromatic heterocycles. The Labute approximate surface area is 140 Å². The lowest BCUT2D eigenvalue weighted by Gasteiger charge is -2.16. The Morgan fingerprint density at radius 2 is 1.88 bits per heavy atom. The van der Waals surface area contributed by atoms with Crippen LogP contribution in [0.5, 0.6) is 0 Å². The summed E-state index contributed by atoms with van der Waals surface area (Å²) in [6.45, 7) is 5.34. The molecule has 0 atom stereocenters. The predicted molar refractivity (Wildman–Crippen MR) is 86.8 cm³/mol. The van der Waals surface area contributed by atoms with Crippen molar-refractivity contribution in [1.29, 1.82) is 0 Å². The van der Waals surface area contributed by atoms with Crippen LogP contribution in [0.15, 0.2) is 34.2 Å². The lowest BCUT2D eigenvalue weighted by Crippen LogP contribution is -2.32. The smallest absolute Gasteiger partial charge is 0.265 e. The summed E-state index contributed by atoms with van der Waals surface area (Å²) >= 11 is 4.95. The van der Waals surface area contributed by atoms with Crippen molar-refractivity contribution in [3.63, 3.8) is 0 Å². The minimum Gasteiger partial charge on any atom is -0.265 e. The number of nitrogens with zero attached hydrogens (tertiary/aromatic N) is 3. The number of halogens is 3. The van der Waals surface area contributed by atoms with Crippen LogP contribution in [-0.4, -0.2) is 21.1 Å². The number of aromatic amines is 1. The van der Waals surface area contributed by atoms with Gasteiger partial charge in [0.1, 0.15) is 5.69 Å². The third-order valence-corrected chi connectivity index (χ3v) is 3.40. The normalized spacial score (nSPS) is 12.8. The maximum Gasteiger partial charge on any atom is 0.417 e. The molecule has 9 heteroatoms. The van der Waals surface area contributed by atoms with Crippen LogP contribution < -0.4 is 5.56 Å². The number of hydrogen-bond acceptors (Lipinski definition) is 4. The summed E-state index contributed by atoms with van der Waals surface area (Å²) in [5, 5.41) is 10.2. The van der Waals surface area contributed by atoms with E-state index in [1.807, 2.05) is 0 Å². The first-order valence-electron chi connectivity index (χ1n) is 6.94. The standard InChI is InChI=1S/C15H15F3N4OS/c1-14(2,3)11-12(23)22(13(24)21-20-11)19-8-9-6-4-5-7-10(9)15(16,17)18/h4-8H,1-3H3,(H,21,24)/b19-8-. The molecular formula is C15H15F3N4OS. The lowest BCUT2D eigenvalue weighted by molar-refractivity contribution is -0.137. The molecule has 0 radical (unpaired) electrons. The molecule has 24 heavy (non-hydrogen) atoms. The summed E-state index contributed by atoms with van der Waals surface area (Å²) in [5.41, 5.74) is -1.98. The van der Waals surface area contributed by atoms with Gasteiger partial charge in [0, 0.05) is 11.0 Å². The molecule has 1 heterocycles. The van der Waals surface area contributed by atoms with E-state index < -0.39 is 22.7 Å². The summed E-state index contributed by atoms with van der Waals surface area (Å²) in [4.78, 5) is 12.4. The van der Waals surface area contributed by atoms with E-state index >= 15 is 0 Å². The molecule has 1 aromatic carbocycles. The van der Waals surface area contributed by atoms with Crippen LogP contribution >= 0.6 is 12.2 Å². The number of nitrogens with one attached hydrogen (secondary N) is 1. The largest absolute Gasteiger partial charge is 0.417 e. The molecule has 0 aliphatic carbocycles. The van der Waals surface area contributed by atoms with E-state index in [-0.39, 0.29) is 16.0 Å². The zero-order valence-corrected chi connectivity index (χ0v) is 14.0. The van der Waals surface area contributed by atoms with Gasteiger partial charge in [0.15, 0.2) is 0 Å². The molecule has 0 saturated carbocycles. The average Bonchev–Trinajstić information content (AvgIpc) is 2.45. The summed E-state index contributed by atoms with van der Waals surface area (Å²) < 4.78 is 39.7. The van der Waals surface area contributed by atoms with E-state index in [2.05, 4.69) is 15.3 Å². The zero-order chi connectivity index (χ0) is 18.1. The molecule has 0 unspecified atom stereocenters. The van der Waals surface area contributed by atoms with Crippen molar-refractivity contribution in [2.75, 3.05) is 0 Å². The number of H-pyrrole nitrogens is 1. The van der Waals surface area contributed by atoms with Crippen molar-refractivity contribution in [1.82, 2.24) is 14.9 Å². The first-order valence-corrected chi connectivity index (χ1v) is 7.35. The van der Waals surface area contributed by atoms with Crippen LogP contribution in [0.2, 0.25) is 0 Å². The van der Waals surface area contributed by atoms with Gasteiger partial charge in [-0.2, -0.15) is 28.0 Å². The van der Waals surface area contributed by atoms with Crippen molar-refractivity contribution in [2.45, 2.75) is 32.4 Å². The number of alkyl halides is 3. The fourth-order valence-electron chi connectivity index (χ4n) is 1.97. The lowest BCUT2D eigenvalue weighted by atomic mass is 9.93. The fraction of sp³-hybridized carbons (Fsp3) is 0.333. The predicted octanol–water partition coefficient (Wildman–Crippen LogP) is 3.50. The van der Waals surface area contributed by atoms with E-state index in [1.54, 1.807) is 20.8 Å². The van der Waals surface area contributed by atoms with E-state index in [9.17, 15) is 18.0 Å². The molecule has 0 aliphatic rings. The molecule has 0 bridgehead atoms. The third-order valence-electron chi connectivity index (χ3n) is 3.14. The van der Waals surface area contributed by atoms with Gasteiger partial charge < -0.3 is 0 Å². The van der Waals surface area contributed by atoms with Crippen LogP contribution in [0.4, 0.5) is 13.2 Å². The number of benzene rings is 1. The Morgan fingerprint density at radius 1 is 1.25 bits per heavy atom. The van der Waals surface area contributed by atoms with Gasteiger partial charge in [0.25, 0.3) is 5.56 Å². The number of rotatable bonds is 2. The molecular weight excluding hydrogens is 341 g/mol. The molecule has 2 aromatic rings. The van der Waals surface area contributed by atoms with Crippen LogP contribution in [0.1, 0.15) is 37.6 Å². The van der Waals surface area contributed by atoms with Gasteiger partial charge in [-0.3, -0.25) is 9.89 Å². The Bertz CT molecular complexity index is 891. The first-order chi connectivity index (χ1) is 11.0. The van der Waals surface area contributed by atoms with Crippen molar-refractivity contribution < 1.29 is 13.2 Å². The van der Waals surface area contributed by atoms with Crippen molar-refractivity contribution >= 4 is 18.4 Å². The van der Waals surface area contributed by atoms with Crippen LogP contribution in [0, 0.1) is 4.77 Å². The van der Waals surface area contributed by atoms with E-state index in [4.69, 9.17) is 12.2 Å². The van der Waals surface area contributed by atoms with Crippen LogP contribution in [-0.2, 0) is 11.6 Å². The Morgan fingerprint density at radius 3 is 2.46 bits per heavy atom. The maximum absolute atomic E-state index is 13.0. The topological polar surface area (TPSA) is 63.0 Å². The second kappa shape index (κ2) is 6.31. The van der Waals surface area contributed by atoms with Crippen LogP contribution in [0.3, 0.4) is 0 Å². The fourth-order valence-corrected chi connectivity index (χ4v) is 2.15. The van der Waals surface area contributed by atoms with Gasteiger partial charge in [-0.25, -0.2) is 0 Å². The highest BCUT2D eigenvalue weighted by molar-refractivity contribution is 7.71. The monoisotopic (exact) mass is 356 g/mol. The highest BCUT2D eigenvalue weighted by Crippen LogP contribution is 2.31. The second-order valence-corrected chi connectivity index (χ2v) is 6.46. The molecule has 5 nitrogen and oxygen atoms in total. The SMILES string of the molecule is CC(C)(C)c1n[nH]c(=S)n(/N=C\c2ccccc2C(F)(F)F)c1=O. The second-order valence-electron chi connectivity index (χ2n) is 6.07. The summed E-state index contributed by atoms with van der Waals surface area (Å²) in [6, 6.07) is 4.93. The molecule has 0 aliphatic heterocycles. The Balaban J connectivity index is 2.56. The molecule has 0 fully saturated rings. The van der Waals surface area contributed by atoms with Gasteiger partial charge in [0.2, 0.25) is 4.77 Å². The maximum atomic E-state index is 13.0.